The first kappa shape index (κ1) is 15.8. The van der Waals surface area contributed by atoms with E-state index in [1.165, 1.54) is 0 Å². The first-order chi connectivity index (χ1) is 9.15. The first-order valence-electron chi connectivity index (χ1n) is 5.98. The van der Waals surface area contributed by atoms with Gasteiger partial charge in [-0.2, -0.15) is 0 Å². The van der Waals surface area contributed by atoms with E-state index < -0.39 is 0 Å². The smallest absolute Gasteiger partial charge is 0.137 e. The third kappa shape index (κ3) is 5.92. The molecule has 0 spiro atoms. The van der Waals surface area contributed by atoms with Crippen LogP contribution in [0.2, 0.25) is 5.02 Å². The van der Waals surface area contributed by atoms with Crippen molar-refractivity contribution in [1.82, 2.24) is 0 Å². The van der Waals surface area contributed by atoms with Crippen LogP contribution >= 0.6 is 11.6 Å². The Morgan fingerprint density at radius 2 is 2.05 bits per heavy atom. The van der Waals surface area contributed by atoms with E-state index in [1.54, 1.807) is 25.3 Å². The summed E-state index contributed by atoms with van der Waals surface area (Å²) in [5.41, 5.74) is 5.95. The molecule has 3 N–H and O–H groups in total. The second kappa shape index (κ2) is 8.74. The number of rotatable bonds is 9. The molecule has 0 aliphatic heterocycles. The Bertz CT molecular complexity index is 413. The maximum absolute atomic E-state index is 7.30. The number of methoxy groups -OCH3 is 1. The molecule has 0 atom stereocenters. The second-order valence-electron chi connectivity index (χ2n) is 3.87. The number of nitrogens with two attached hydrogens (primary N) is 1. The number of amidine groups is 1. The average molecular weight is 287 g/mol. The van der Waals surface area contributed by atoms with Crippen molar-refractivity contribution in [2.75, 3.05) is 33.5 Å². The molecule has 0 aliphatic rings. The summed E-state index contributed by atoms with van der Waals surface area (Å²) in [5, 5.41) is 7.75. The van der Waals surface area contributed by atoms with E-state index in [1.807, 2.05) is 0 Å². The largest absolute Gasteiger partial charge is 0.492 e. The molecule has 19 heavy (non-hydrogen) atoms. The second-order valence-corrected chi connectivity index (χ2v) is 4.27. The zero-order valence-electron chi connectivity index (χ0n) is 10.9. The van der Waals surface area contributed by atoms with Gasteiger partial charge in [0.1, 0.15) is 11.6 Å². The van der Waals surface area contributed by atoms with Gasteiger partial charge in [-0.15, -0.1) is 0 Å². The standard InChI is InChI=1S/C13H19ClN2O3/c1-17-7-8-18-5-2-6-19-12-4-3-10(13(15)16)9-11(12)14/h3-4,9H,2,5-8H2,1H3,(H3,15,16). The Labute approximate surface area is 118 Å². The van der Waals surface area contributed by atoms with Crippen LogP contribution in [0.1, 0.15) is 12.0 Å². The van der Waals surface area contributed by atoms with Crippen LogP contribution in [0, 0.1) is 5.41 Å². The highest BCUT2D eigenvalue weighted by molar-refractivity contribution is 6.32. The summed E-state index contributed by atoms with van der Waals surface area (Å²) in [6.45, 7) is 2.32. The molecular formula is C13H19ClN2O3. The van der Waals surface area contributed by atoms with Crippen molar-refractivity contribution in [3.8, 4) is 5.75 Å². The summed E-state index contributed by atoms with van der Waals surface area (Å²) in [5.74, 6) is 0.573. The number of nitrogen functional groups attached to an aromatic ring is 1. The first-order valence-corrected chi connectivity index (χ1v) is 6.36. The highest BCUT2D eigenvalue weighted by atomic mass is 35.5. The Hall–Kier alpha value is -1.30. The summed E-state index contributed by atoms with van der Waals surface area (Å²) in [6.07, 6.45) is 0.772. The van der Waals surface area contributed by atoms with Crippen molar-refractivity contribution in [3.05, 3.63) is 28.8 Å². The minimum Gasteiger partial charge on any atom is -0.492 e. The minimum atomic E-state index is -0.0139. The van der Waals surface area contributed by atoms with Crippen molar-refractivity contribution >= 4 is 17.4 Å². The molecular weight excluding hydrogens is 268 g/mol. The molecule has 0 amide bonds. The lowest BCUT2D eigenvalue weighted by Crippen LogP contribution is -2.11. The van der Waals surface area contributed by atoms with Crippen LogP contribution in [0.4, 0.5) is 0 Å². The lowest BCUT2D eigenvalue weighted by Gasteiger charge is -2.09. The highest BCUT2D eigenvalue weighted by Gasteiger charge is 2.04. The van der Waals surface area contributed by atoms with E-state index in [4.69, 9.17) is 37.0 Å². The van der Waals surface area contributed by atoms with E-state index in [9.17, 15) is 0 Å². The number of hydrogen-bond donors (Lipinski definition) is 2. The molecule has 1 aromatic rings. The van der Waals surface area contributed by atoms with Gasteiger partial charge in [-0.3, -0.25) is 5.41 Å². The molecule has 0 saturated carbocycles. The van der Waals surface area contributed by atoms with Crippen LogP contribution in [0.15, 0.2) is 18.2 Å². The Kier molecular flexibility index (Phi) is 7.25. The number of hydrogen-bond acceptors (Lipinski definition) is 4. The highest BCUT2D eigenvalue weighted by Crippen LogP contribution is 2.25. The quantitative estimate of drug-likeness (QED) is 0.414. The predicted molar refractivity (Wildman–Crippen MR) is 75.3 cm³/mol. The van der Waals surface area contributed by atoms with Gasteiger partial charge in [-0.25, -0.2) is 0 Å². The molecule has 0 unspecified atom stereocenters. The summed E-state index contributed by atoms with van der Waals surface area (Å²) in [7, 11) is 1.64. The number of ether oxygens (including phenoxy) is 3. The van der Waals surface area contributed by atoms with Gasteiger partial charge >= 0.3 is 0 Å². The summed E-state index contributed by atoms with van der Waals surface area (Å²) in [4.78, 5) is 0. The van der Waals surface area contributed by atoms with Crippen molar-refractivity contribution in [1.29, 1.82) is 5.41 Å². The molecule has 0 heterocycles. The van der Waals surface area contributed by atoms with Gasteiger partial charge in [0, 0.05) is 25.7 Å². The zero-order chi connectivity index (χ0) is 14.1. The fourth-order valence-corrected chi connectivity index (χ4v) is 1.61. The number of benzene rings is 1. The fourth-order valence-electron chi connectivity index (χ4n) is 1.37. The molecule has 106 valence electrons. The van der Waals surface area contributed by atoms with Gasteiger partial charge < -0.3 is 19.9 Å². The van der Waals surface area contributed by atoms with Crippen molar-refractivity contribution in [2.45, 2.75) is 6.42 Å². The van der Waals surface area contributed by atoms with Crippen molar-refractivity contribution in [3.63, 3.8) is 0 Å². The van der Waals surface area contributed by atoms with Crippen LogP contribution in [-0.4, -0.2) is 39.4 Å². The number of nitrogens with one attached hydrogen (secondary N) is 1. The van der Waals surface area contributed by atoms with Gasteiger partial charge in [-0.1, -0.05) is 11.6 Å². The zero-order valence-corrected chi connectivity index (χ0v) is 11.7. The van der Waals surface area contributed by atoms with Crippen molar-refractivity contribution in [2.24, 2.45) is 5.73 Å². The minimum absolute atomic E-state index is 0.0139. The third-order valence-electron chi connectivity index (χ3n) is 2.37. The van der Waals surface area contributed by atoms with E-state index in [-0.39, 0.29) is 5.84 Å². The van der Waals surface area contributed by atoms with Gasteiger partial charge in [0.25, 0.3) is 0 Å². The van der Waals surface area contributed by atoms with Crippen LogP contribution in [0.5, 0.6) is 5.75 Å². The Morgan fingerprint density at radius 1 is 1.26 bits per heavy atom. The summed E-state index contributed by atoms with van der Waals surface area (Å²) >= 11 is 6.03. The van der Waals surface area contributed by atoms with Crippen LogP contribution < -0.4 is 10.5 Å². The lowest BCUT2D eigenvalue weighted by molar-refractivity contribution is 0.0644. The van der Waals surface area contributed by atoms with E-state index in [0.717, 1.165) is 6.42 Å². The van der Waals surface area contributed by atoms with Gasteiger partial charge in [0.2, 0.25) is 0 Å². The van der Waals surface area contributed by atoms with E-state index in [2.05, 4.69) is 0 Å². The maximum Gasteiger partial charge on any atom is 0.137 e. The van der Waals surface area contributed by atoms with Gasteiger partial charge in [0.05, 0.1) is 24.8 Å². The SMILES string of the molecule is COCCOCCCOc1ccc(C(=N)N)cc1Cl. The molecule has 0 aromatic heterocycles. The van der Waals surface area contributed by atoms with Crippen LogP contribution in [-0.2, 0) is 9.47 Å². The molecule has 5 nitrogen and oxygen atoms in total. The summed E-state index contributed by atoms with van der Waals surface area (Å²) < 4.78 is 15.7. The van der Waals surface area contributed by atoms with Gasteiger partial charge in [0.15, 0.2) is 0 Å². The third-order valence-corrected chi connectivity index (χ3v) is 2.66. The molecule has 1 rings (SSSR count). The molecule has 0 radical (unpaired) electrons. The topological polar surface area (TPSA) is 77.6 Å². The van der Waals surface area contributed by atoms with E-state index in [0.29, 0.717) is 42.8 Å². The fraction of sp³-hybridized carbons (Fsp3) is 0.462. The molecule has 0 saturated heterocycles. The Morgan fingerprint density at radius 3 is 2.68 bits per heavy atom. The predicted octanol–water partition coefficient (Wildman–Crippen LogP) is 2.06. The maximum atomic E-state index is 7.30. The monoisotopic (exact) mass is 286 g/mol. The average Bonchev–Trinajstić information content (AvgIpc) is 2.39. The Balaban J connectivity index is 2.28. The normalized spacial score (nSPS) is 10.4. The van der Waals surface area contributed by atoms with E-state index >= 15 is 0 Å². The molecule has 0 bridgehead atoms. The van der Waals surface area contributed by atoms with Crippen molar-refractivity contribution < 1.29 is 14.2 Å². The van der Waals surface area contributed by atoms with Crippen LogP contribution in [0.3, 0.4) is 0 Å². The van der Waals surface area contributed by atoms with Gasteiger partial charge in [-0.05, 0) is 18.2 Å². The summed E-state index contributed by atoms with van der Waals surface area (Å²) in [6, 6.07) is 5.04. The molecule has 6 heteroatoms. The molecule has 0 aliphatic carbocycles. The molecule has 1 aromatic carbocycles. The number of halogens is 1. The molecule has 0 fully saturated rings. The lowest BCUT2D eigenvalue weighted by atomic mass is 10.2. The van der Waals surface area contributed by atoms with Crippen LogP contribution in [0.25, 0.3) is 0 Å².